The standard InChI is InChI=1S/C16H20ClN5O3S/c1-24-12-9-13(25-2)11(8-10(12)17)18-14(23)19-15-20-21-16(26-15)22-6-4-3-5-7-22/h8-9H,3-7H2,1-2H3,(H2,18,19,20,23). The van der Waals surface area contributed by atoms with Crippen molar-refractivity contribution in [3.63, 3.8) is 0 Å². The molecule has 0 radical (unpaired) electrons. The van der Waals surface area contributed by atoms with Crippen LogP contribution in [0.25, 0.3) is 0 Å². The third-order valence-electron chi connectivity index (χ3n) is 3.98. The number of nitrogens with one attached hydrogen (secondary N) is 2. The number of aromatic nitrogens is 2. The van der Waals surface area contributed by atoms with Crippen LogP contribution in [-0.4, -0.2) is 43.5 Å². The van der Waals surface area contributed by atoms with Crippen molar-refractivity contribution in [2.75, 3.05) is 42.8 Å². The highest BCUT2D eigenvalue weighted by Crippen LogP contribution is 2.36. The molecule has 0 aliphatic carbocycles. The lowest BCUT2D eigenvalue weighted by Crippen LogP contribution is -2.29. The van der Waals surface area contributed by atoms with Gasteiger partial charge in [-0.25, -0.2) is 4.79 Å². The normalized spacial score (nSPS) is 14.0. The lowest BCUT2D eigenvalue weighted by Gasteiger charge is -2.25. The second-order valence-electron chi connectivity index (χ2n) is 5.70. The molecule has 1 saturated heterocycles. The number of anilines is 3. The summed E-state index contributed by atoms with van der Waals surface area (Å²) in [5.41, 5.74) is 0.427. The zero-order valence-corrected chi connectivity index (χ0v) is 16.1. The minimum Gasteiger partial charge on any atom is -0.495 e. The van der Waals surface area contributed by atoms with Crippen LogP contribution < -0.4 is 25.0 Å². The Bertz CT molecular complexity index is 779. The Morgan fingerprint density at radius 3 is 2.54 bits per heavy atom. The first-order chi connectivity index (χ1) is 12.6. The Morgan fingerprint density at radius 1 is 1.12 bits per heavy atom. The average Bonchev–Trinajstić information content (AvgIpc) is 3.11. The summed E-state index contributed by atoms with van der Waals surface area (Å²) in [6.07, 6.45) is 3.55. The highest BCUT2D eigenvalue weighted by molar-refractivity contribution is 7.19. The second kappa shape index (κ2) is 8.41. The van der Waals surface area contributed by atoms with Crippen LogP contribution in [0.4, 0.5) is 20.7 Å². The predicted octanol–water partition coefficient (Wildman–Crippen LogP) is 3.84. The molecule has 0 atom stereocenters. The van der Waals surface area contributed by atoms with Crippen LogP contribution in [0.2, 0.25) is 5.02 Å². The van der Waals surface area contributed by atoms with E-state index in [4.69, 9.17) is 21.1 Å². The number of ether oxygens (including phenoxy) is 2. The topological polar surface area (TPSA) is 88.6 Å². The predicted molar refractivity (Wildman–Crippen MR) is 103 cm³/mol. The van der Waals surface area contributed by atoms with E-state index in [9.17, 15) is 4.79 Å². The first-order valence-corrected chi connectivity index (χ1v) is 9.38. The molecule has 1 aromatic heterocycles. The van der Waals surface area contributed by atoms with Gasteiger partial charge >= 0.3 is 6.03 Å². The van der Waals surface area contributed by atoms with E-state index in [1.165, 1.54) is 32.0 Å². The van der Waals surface area contributed by atoms with Crippen LogP contribution in [0.1, 0.15) is 19.3 Å². The van der Waals surface area contributed by atoms with Crippen LogP contribution in [0.5, 0.6) is 11.5 Å². The van der Waals surface area contributed by atoms with E-state index in [1.807, 2.05) is 0 Å². The van der Waals surface area contributed by atoms with Gasteiger partial charge in [-0.05, 0) is 25.3 Å². The third kappa shape index (κ3) is 4.28. The maximum absolute atomic E-state index is 12.3. The van der Waals surface area contributed by atoms with Gasteiger partial charge in [0.05, 0.1) is 24.9 Å². The lowest BCUT2D eigenvalue weighted by atomic mass is 10.1. The van der Waals surface area contributed by atoms with Gasteiger partial charge in [-0.3, -0.25) is 5.32 Å². The van der Waals surface area contributed by atoms with Crippen molar-refractivity contribution in [3.8, 4) is 11.5 Å². The van der Waals surface area contributed by atoms with Crippen molar-refractivity contribution in [2.24, 2.45) is 0 Å². The molecule has 0 saturated carbocycles. The van der Waals surface area contributed by atoms with Gasteiger partial charge in [0, 0.05) is 19.2 Å². The maximum atomic E-state index is 12.3. The van der Waals surface area contributed by atoms with E-state index in [-0.39, 0.29) is 0 Å². The van der Waals surface area contributed by atoms with Crippen LogP contribution in [-0.2, 0) is 0 Å². The minimum absolute atomic E-state index is 0.368. The molecule has 1 aliphatic heterocycles. The van der Waals surface area contributed by atoms with E-state index in [2.05, 4.69) is 25.7 Å². The molecule has 2 amide bonds. The molecule has 2 heterocycles. The van der Waals surface area contributed by atoms with Gasteiger partial charge in [0.2, 0.25) is 10.3 Å². The number of carbonyl (C=O) groups excluding carboxylic acids is 1. The molecule has 10 heteroatoms. The van der Waals surface area contributed by atoms with Crippen LogP contribution in [0.3, 0.4) is 0 Å². The quantitative estimate of drug-likeness (QED) is 0.796. The van der Waals surface area contributed by atoms with E-state index in [0.29, 0.717) is 27.3 Å². The molecule has 140 valence electrons. The van der Waals surface area contributed by atoms with Crippen molar-refractivity contribution in [2.45, 2.75) is 19.3 Å². The highest BCUT2D eigenvalue weighted by Gasteiger charge is 2.17. The molecule has 3 rings (SSSR count). The first kappa shape index (κ1) is 18.5. The number of urea groups is 1. The first-order valence-electron chi connectivity index (χ1n) is 8.18. The van der Waals surface area contributed by atoms with Crippen molar-refractivity contribution in [1.29, 1.82) is 0 Å². The monoisotopic (exact) mass is 397 g/mol. The summed E-state index contributed by atoms with van der Waals surface area (Å²) in [6, 6.07) is 2.72. The van der Waals surface area contributed by atoms with Gasteiger partial charge < -0.3 is 19.7 Å². The molecule has 1 fully saturated rings. The fourth-order valence-corrected chi connectivity index (χ4v) is 3.72. The van der Waals surface area contributed by atoms with Gasteiger partial charge in [-0.15, -0.1) is 10.2 Å². The molecule has 8 nitrogen and oxygen atoms in total. The summed E-state index contributed by atoms with van der Waals surface area (Å²) in [5, 5.41) is 15.2. The number of rotatable bonds is 5. The third-order valence-corrected chi connectivity index (χ3v) is 5.18. The van der Waals surface area contributed by atoms with Crippen molar-refractivity contribution < 1.29 is 14.3 Å². The molecule has 1 aromatic carbocycles. The number of amides is 2. The number of benzene rings is 1. The zero-order valence-electron chi connectivity index (χ0n) is 14.5. The van der Waals surface area contributed by atoms with Crippen molar-refractivity contribution >= 4 is 44.9 Å². The average molecular weight is 398 g/mol. The summed E-state index contributed by atoms with van der Waals surface area (Å²) < 4.78 is 10.4. The van der Waals surface area contributed by atoms with Crippen molar-refractivity contribution in [3.05, 3.63) is 17.2 Å². The summed E-state index contributed by atoms with van der Waals surface area (Å²) in [7, 11) is 3.01. The van der Waals surface area contributed by atoms with E-state index in [1.54, 1.807) is 12.1 Å². The fourth-order valence-electron chi connectivity index (χ4n) is 2.69. The number of hydrogen-bond donors (Lipinski definition) is 2. The number of halogens is 1. The lowest BCUT2D eigenvalue weighted by molar-refractivity contribution is 0.262. The summed E-state index contributed by atoms with van der Waals surface area (Å²) in [5.74, 6) is 0.900. The number of hydrogen-bond acceptors (Lipinski definition) is 7. The SMILES string of the molecule is COc1cc(OC)c(NC(=O)Nc2nnc(N3CCCCC3)s2)cc1Cl. The highest BCUT2D eigenvalue weighted by atomic mass is 35.5. The zero-order chi connectivity index (χ0) is 18.5. The molecule has 1 aliphatic rings. The van der Waals surface area contributed by atoms with Gasteiger partial charge in [-0.2, -0.15) is 0 Å². The Morgan fingerprint density at radius 2 is 1.85 bits per heavy atom. The Labute approximate surface area is 160 Å². The van der Waals surface area contributed by atoms with Crippen LogP contribution >= 0.6 is 22.9 Å². The van der Waals surface area contributed by atoms with E-state index in [0.717, 1.165) is 31.1 Å². The molecule has 0 bridgehead atoms. The molecule has 26 heavy (non-hydrogen) atoms. The fraction of sp³-hybridized carbons (Fsp3) is 0.438. The smallest absolute Gasteiger partial charge is 0.325 e. The van der Waals surface area contributed by atoms with Crippen LogP contribution in [0, 0.1) is 0 Å². The van der Waals surface area contributed by atoms with E-state index >= 15 is 0 Å². The second-order valence-corrected chi connectivity index (χ2v) is 7.07. The van der Waals surface area contributed by atoms with Crippen molar-refractivity contribution in [1.82, 2.24) is 10.2 Å². The summed E-state index contributed by atoms with van der Waals surface area (Å²) in [6.45, 7) is 1.95. The number of carbonyl (C=O) groups is 1. The number of methoxy groups -OCH3 is 2. The Balaban J connectivity index is 1.66. The minimum atomic E-state index is -0.453. The molecule has 0 spiro atoms. The molecular weight excluding hydrogens is 378 g/mol. The Hall–Kier alpha value is -2.26. The van der Waals surface area contributed by atoms with Gasteiger partial charge in [0.25, 0.3) is 0 Å². The molecule has 0 unspecified atom stereocenters. The van der Waals surface area contributed by atoms with Gasteiger partial charge in [0.15, 0.2) is 0 Å². The molecule has 2 N–H and O–H groups in total. The maximum Gasteiger partial charge on any atom is 0.325 e. The molecule has 2 aromatic rings. The summed E-state index contributed by atoms with van der Waals surface area (Å²) in [4.78, 5) is 14.5. The van der Waals surface area contributed by atoms with E-state index < -0.39 is 6.03 Å². The Kier molecular flexibility index (Phi) is 6.00. The summed E-state index contributed by atoms with van der Waals surface area (Å²) >= 11 is 7.47. The largest absolute Gasteiger partial charge is 0.495 e. The van der Waals surface area contributed by atoms with Gasteiger partial charge in [-0.1, -0.05) is 22.9 Å². The number of nitrogens with zero attached hydrogens (tertiary/aromatic N) is 3. The van der Waals surface area contributed by atoms with Crippen LogP contribution in [0.15, 0.2) is 12.1 Å². The van der Waals surface area contributed by atoms with Gasteiger partial charge in [0.1, 0.15) is 11.5 Å². The molecular formula is C16H20ClN5O3S. The number of piperidine rings is 1.